The molecule has 0 aromatic heterocycles. The van der Waals surface area contributed by atoms with E-state index in [2.05, 4.69) is 0 Å². The minimum Gasteiger partial charge on any atom is -0.395 e. The van der Waals surface area contributed by atoms with Crippen molar-refractivity contribution in [3.05, 3.63) is 0 Å². The van der Waals surface area contributed by atoms with Crippen LogP contribution in [0.4, 0.5) is 0 Å². The van der Waals surface area contributed by atoms with Crippen LogP contribution in [0, 0.1) is 0 Å². The maximum Gasteiger partial charge on any atom is 0.272 e. The van der Waals surface area contributed by atoms with Gasteiger partial charge in [0.25, 0.3) is 10.1 Å². The molecular formula is C5H13NO4S. The quantitative estimate of drug-likeness (QED) is 0.484. The number of hydrogen-bond donors (Lipinski definition) is 3. The molecule has 0 aliphatic heterocycles. The van der Waals surface area contributed by atoms with Crippen LogP contribution in [0.5, 0.6) is 0 Å². The molecule has 11 heavy (non-hydrogen) atoms. The predicted molar refractivity (Wildman–Crippen MR) is 40.7 cm³/mol. The van der Waals surface area contributed by atoms with Gasteiger partial charge in [0.15, 0.2) is 0 Å². The Bertz CT molecular complexity index is 213. The molecule has 68 valence electrons. The molecule has 1 atom stereocenters. The summed E-state index contributed by atoms with van der Waals surface area (Å²) in [5, 5.41) is 8.66. The van der Waals surface area contributed by atoms with Gasteiger partial charge in [-0.05, 0) is 19.9 Å². The number of nitrogens with two attached hydrogens (primary N) is 1. The molecule has 0 amide bonds. The van der Waals surface area contributed by atoms with Crippen molar-refractivity contribution in [3.63, 3.8) is 0 Å². The van der Waals surface area contributed by atoms with Crippen LogP contribution in [0.2, 0.25) is 0 Å². The van der Waals surface area contributed by atoms with Crippen molar-refractivity contribution in [2.45, 2.75) is 18.1 Å². The molecule has 0 saturated heterocycles. The zero-order valence-electron chi connectivity index (χ0n) is 6.32. The molecule has 0 aromatic carbocycles. The van der Waals surface area contributed by atoms with E-state index >= 15 is 0 Å². The van der Waals surface area contributed by atoms with E-state index in [9.17, 15) is 8.42 Å². The summed E-state index contributed by atoms with van der Waals surface area (Å²) < 4.78 is 28.3. The van der Waals surface area contributed by atoms with Gasteiger partial charge in [-0.2, -0.15) is 8.42 Å². The average molecular weight is 183 g/mol. The molecule has 0 aromatic rings. The molecule has 0 radical (unpaired) electrons. The normalized spacial score (nSPS) is 17.8. The lowest BCUT2D eigenvalue weighted by molar-refractivity contribution is 0.235. The third-order valence-electron chi connectivity index (χ3n) is 1.63. The van der Waals surface area contributed by atoms with Crippen LogP contribution in [0.25, 0.3) is 0 Å². The topological polar surface area (TPSA) is 101 Å². The summed E-state index contributed by atoms with van der Waals surface area (Å²) in [5.41, 5.74) is 5.10. The molecule has 5 nitrogen and oxygen atoms in total. The van der Waals surface area contributed by atoms with Crippen LogP contribution in [0.1, 0.15) is 13.3 Å². The SMILES string of the molecule is CC(CO)(CCN)S(=O)(=O)O. The largest absolute Gasteiger partial charge is 0.395 e. The van der Waals surface area contributed by atoms with Gasteiger partial charge in [0, 0.05) is 0 Å². The molecule has 0 aliphatic rings. The Morgan fingerprint density at radius 1 is 1.55 bits per heavy atom. The van der Waals surface area contributed by atoms with Gasteiger partial charge in [0.2, 0.25) is 0 Å². The van der Waals surface area contributed by atoms with E-state index in [-0.39, 0.29) is 13.0 Å². The summed E-state index contributed by atoms with van der Waals surface area (Å²) in [5.74, 6) is 0. The Labute approximate surface area is 66.0 Å². The number of hydrogen-bond acceptors (Lipinski definition) is 4. The summed E-state index contributed by atoms with van der Waals surface area (Å²) in [6, 6.07) is 0. The third kappa shape index (κ3) is 2.41. The molecule has 0 bridgehead atoms. The Kier molecular flexibility index (Phi) is 3.43. The van der Waals surface area contributed by atoms with E-state index in [1.54, 1.807) is 0 Å². The monoisotopic (exact) mass is 183 g/mol. The highest BCUT2D eigenvalue weighted by Gasteiger charge is 2.36. The first-order valence-electron chi connectivity index (χ1n) is 3.15. The predicted octanol–water partition coefficient (Wildman–Crippen LogP) is -1.03. The maximum atomic E-state index is 10.6. The van der Waals surface area contributed by atoms with E-state index in [0.29, 0.717) is 0 Å². The highest BCUT2D eigenvalue weighted by molar-refractivity contribution is 7.87. The number of rotatable bonds is 4. The zero-order chi connectivity index (χ0) is 9.12. The molecule has 0 saturated carbocycles. The van der Waals surface area contributed by atoms with E-state index in [0.717, 1.165) is 0 Å². The van der Waals surface area contributed by atoms with Crippen molar-refractivity contribution in [2.24, 2.45) is 5.73 Å². The lowest BCUT2D eigenvalue weighted by Crippen LogP contribution is -2.40. The fourth-order valence-electron chi connectivity index (χ4n) is 0.595. The second-order valence-corrected chi connectivity index (χ2v) is 4.56. The van der Waals surface area contributed by atoms with Gasteiger partial charge in [-0.3, -0.25) is 4.55 Å². The fourth-order valence-corrected chi connectivity index (χ4v) is 1.13. The molecule has 1 unspecified atom stereocenters. The highest BCUT2D eigenvalue weighted by atomic mass is 32.2. The van der Waals surface area contributed by atoms with Crippen LogP contribution >= 0.6 is 0 Å². The minimum absolute atomic E-state index is 0.0440. The van der Waals surface area contributed by atoms with Crippen molar-refractivity contribution < 1.29 is 18.1 Å². The first-order chi connectivity index (χ1) is 4.87. The molecule has 6 heteroatoms. The van der Waals surface area contributed by atoms with Crippen molar-refractivity contribution >= 4 is 10.1 Å². The van der Waals surface area contributed by atoms with Gasteiger partial charge in [-0.1, -0.05) is 0 Å². The van der Waals surface area contributed by atoms with E-state index in [1.165, 1.54) is 6.92 Å². The number of aliphatic hydroxyl groups is 1. The Morgan fingerprint density at radius 3 is 2.09 bits per heavy atom. The second kappa shape index (κ2) is 3.48. The molecule has 0 aliphatic carbocycles. The average Bonchev–Trinajstić information content (AvgIpc) is 1.86. The first kappa shape index (κ1) is 10.8. The first-order valence-corrected chi connectivity index (χ1v) is 4.59. The number of aliphatic hydroxyl groups excluding tert-OH is 1. The van der Waals surface area contributed by atoms with Gasteiger partial charge in [-0.25, -0.2) is 0 Å². The van der Waals surface area contributed by atoms with Crippen LogP contribution < -0.4 is 5.73 Å². The summed E-state index contributed by atoms with van der Waals surface area (Å²) in [4.78, 5) is 0. The van der Waals surface area contributed by atoms with Crippen molar-refractivity contribution in [1.29, 1.82) is 0 Å². The summed E-state index contributed by atoms with van der Waals surface area (Å²) in [6.45, 7) is 0.731. The van der Waals surface area contributed by atoms with Gasteiger partial charge >= 0.3 is 0 Å². The van der Waals surface area contributed by atoms with E-state index in [1.807, 2.05) is 0 Å². The van der Waals surface area contributed by atoms with Gasteiger partial charge < -0.3 is 10.8 Å². The Hall–Kier alpha value is -0.170. The van der Waals surface area contributed by atoms with Crippen molar-refractivity contribution in [2.75, 3.05) is 13.2 Å². The Morgan fingerprint density at radius 2 is 2.00 bits per heavy atom. The molecule has 0 rings (SSSR count). The van der Waals surface area contributed by atoms with Crippen molar-refractivity contribution in [3.8, 4) is 0 Å². The summed E-state index contributed by atoms with van der Waals surface area (Å²) in [6.07, 6.45) is 0.0440. The Balaban J connectivity index is 4.61. The lowest BCUT2D eigenvalue weighted by Gasteiger charge is -2.22. The van der Waals surface area contributed by atoms with Crippen LogP contribution in [0.15, 0.2) is 0 Å². The van der Waals surface area contributed by atoms with Crippen LogP contribution in [0.3, 0.4) is 0 Å². The van der Waals surface area contributed by atoms with Crippen molar-refractivity contribution in [1.82, 2.24) is 0 Å². The maximum absolute atomic E-state index is 10.6. The fraction of sp³-hybridized carbons (Fsp3) is 1.00. The second-order valence-electron chi connectivity index (χ2n) is 2.62. The summed E-state index contributed by atoms with van der Waals surface area (Å²) in [7, 11) is -4.21. The molecular weight excluding hydrogens is 170 g/mol. The van der Waals surface area contributed by atoms with Gasteiger partial charge in [0.05, 0.1) is 6.61 Å². The standard InChI is InChI=1S/C5H13NO4S/c1-5(4-7,2-3-6)11(8,9)10/h7H,2-4,6H2,1H3,(H,8,9,10). The molecule has 0 fully saturated rings. The van der Waals surface area contributed by atoms with Gasteiger partial charge in [-0.15, -0.1) is 0 Å². The molecule has 0 spiro atoms. The third-order valence-corrected chi connectivity index (χ3v) is 3.21. The van der Waals surface area contributed by atoms with Crippen LogP contribution in [-0.2, 0) is 10.1 Å². The lowest BCUT2D eigenvalue weighted by atomic mass is 10.1. The summed E-state index contributed by atoms with van der Waals surface area (Å²) >= 11 is 0. The minimum atomic E-state index is -4.21. The van der Waals surface area contributed by atoms with E-state index in [4.69, 9.17) is 15.4 Å². The highest BCUT2D eigenvalue weighted by Crippen LogP contribution is 2.18. The molecule has 4 N–H and O–H groups in total. The van der Waals surface area contributed by atoms with Gasteiger partial charge in [0.1, 0.15) is 4.75 Å². The zero-order valence-corrected chi connectivity index (χ0v) is 7.13. The van der Waals surface area contributed by atoms with E-state index < -0.39 is 21.5 Å². The van der Waals surface area contributed by atoms with Crippen LogP contribution in [-0.4, -0.2) is 36.0 Å². The smallest absolute Gasteiger partial charge is 0.272 e. The molecule has 0 heterocycles.